The summed E-state index contributed by atoms with van der Waals surface area (Å²) < 4.78 is 0.806. The fraction of sp³-hybridized carbons (Fsp3) is 0.304. The molecule has 4 heterocycles. The average molecular weight is 532 g/mol. The Morgan fingerprint density at radius 3 is 2.76 bits per heavy atom. The number of thiophene rings is 1. The second-order valence-corrected chi connectivity index (χ2v) is 12.4. The van der Waals surface area contributed by atoms with E-state index in [0.29, 0.717) is 11.5 Å². The van der Waals surface area contributed by atoms with Crippen LogP contribution < -0.4 is 5.32 Å². The number of aliphatic carboxylic acids is 1. The van der Waals surface area contributed by atoms with E-state index in [1.54, 1.807) is 4.90 Å². The van der Waals surface area contributed by atoms with E-state index in [9.17, 15) is 19.5 Å². The third kappa shape index (κ3) is 4.61. The standard InChI is InChI=1S/C23H21N3O4S4/c27-17(9-15-7-4-8-31-15)25-18-19(28)26-11-23(21(29)30,12-33-20(18)26)13-34-22-24-16(10-32-22)14-5-2-1-3-6-14/h1-8,10,18,20H,9,11-13H2,(H,25,27)(H,29,30)/t18?,20-,23?/m1/s1. The van der Waals surface area contributed by atoms with E-state index in [0.717, 1.165) is 20.5 Å². The first kappa shape index (κ1) is 23.4. The Morgan fingerprint density at radius 1 is 1.21 bits per heavy atom. The number of carbonyl (C=O) groups excluding carboxylic acids is 2. The summed E-state index contributed by atoms with van der Waals surface area (Å²) in [6, 6.07) is 13.0. The SMILES string of the molecule is O=C(Cc1cccs1)NC1C(=O)N2CC(CSc3nc(-c4ccccc4)cs3)(C(=O)O)CS[C@H]12. The molecule has 2 N–H and O–H groups in total. The average Bonchev–Trinajstić information content (AvgIpc) is 3.54. The zero-order chi connectivity index (χ0) is 23.7. The van der Waals surface area contributed by atoms with Gasteiger partial charge in [0, 0.05) is 33.9 Å². The smallest absolute Gasteiger partial charge is 0.313 e. The van der Waals surface area contributed by atoms with Crippen LogP contribution >= 0.6 is 46.2 Å². The van der Waals surface area contributed by atoms with E-state index in [2.05, 4.69) is 10.3 Å². The van der Waals surface area contributed by atoms with Crippen molar-refractivity contribution >= 4 is 64.0 Å². The summed E-state index contributed by atoms with van der Waals surface area (Å²) >= 11 is 5.84. The number of carboxylic acids is 1. The number of hydrogen-bond acceptors (Lipinski definition) is 8. The highest BCUT2D eigenvalue weighted by molar-refractivity contribution is 8.01. The fourth-order valence-electron chi connectivity index (χ4n) is 3.97. The quantitative estimate of drug-likeness (QED) is 0.338. The van der Waals surface area contributed by atoms with Gasteiger partial charge < -0.3 is 15.3 Å². The molecule has 0 spiro atoms. The molecular formula is C23H21N3O4S4. The van der Waals surface area contributed by atoms with Crippen molar-refractivity contribution in [2.24, 2.45) is 5.41 Å². The van der Waals surface area contributed by atoms with Crippen molar-refractivity contribution in [3.8, 4) is 11.3 Å². The van der Waals surface area contributed by atoms with Crippen LogP contribution in [0.3, 0.4) is 0 Å². The molecule has 176 valence electrons. The molecule has 3 aromatic rings. The predicted octanol–water partition coefficient (Wildman–Crippen LogP) is 3.68. The molecule has 2 unspecified atom stereocenters. The minimum atomic E-state index is -1.06. The van der Waals surface area contributed by atoms with Gasteiger partial charge in [-0.25, -0.2) is 4.98 Å². The lowest BCUT2D eigenvalue weighted by atomic mass is 9.89. The summed E-state index contributed by atoms with van der Waals surface area (Å²) in [5, 5.41) is 16.6. The third-order valence-electron chi connectivity index (χ3n) is 5.85. The topological polar surface area (TPSA) is 99.6 Å². The summed E-state index contributed by atoms with van der Waals surface area (Å²) in [5.41, 5.74) is 0.828. The number of thioether (sulfide) groups is 2. The maximum atomic E-state index is 12.8. The molecule has 0 saturated carbocycles. The van der Waals surface area contributed by atoms with Crippen molar-refractivity contribution in [1.82, 2.24) is 15.2 Å². The van der Waals surface area contributed by atoms with E-state index in [1.807, 2.05) is 53.2 Å². The number of rotatable bonds is 8. The van der Waals surface area contributed by atoms with Crippen molar-refractivity contribution in [2.45, 2.75) is 22.2 Å². The Labute approximate surface area is 213 Å². The summed E-state index contributed by atoms with van der Waals surface area (Å²) in [5.74, 6) is -0.623. The summed E-state index contributed by atoms with van der Waals surface area (Å²) in [7, 11) is 0. The molecule has 34 heavy (non-hydrogen) atoms. The van der Waals surface area contributed by atoms with Gasteiger partial charge in [0.2, 0.25) is 11.8 Å². The number of nitrogens with zero attached hydrogens (tertiary/aromatic N) is 2. The lowest BCUT2D eigenvalue weighted by Gasteiger charge is -2.53. The molecule has 2 fully saturated rings. The first-order valence-corrected chi connectivity index (χ1v) is 14.4. The maximum absolute atomic E-state index is 12.8. The number of hydrogen-bond donors (Lipinski definition) is 2. The largest absolute Gasteiger partial charge is 0.481 e. The number of carbonyl (C=O) groups is 3. The van der Waals surface area contributed by atoms with Crippen molar-refractivity contribution in [3.63, 3.8) is 0 Å². The maximum Gasteiger partial charge on any atom is 0.313 e. The van der Waals surface area contributed by atoms with E-state index >= 15 is 0 Å². The Bertz CT molecular complexity index is 1200. The van der Waals surface area contributed by atoms with Gasteiger partial charge in [-0.3, -0.25) is 14.4 Å². The van der Waals surface area contributed by atoms with Gasteiger partial charge in [-0.05, 0) is 11.4 Å². The molecule has 7 nitrogen and oxygen atoms in total. The van der Waals surface area contributed by atoms with E-state index in [1.165, 1.54) is 46.2 Å². The Kier molecular flexibility index (Phi) is 6.70. The van der Waals surface area contributed by atoms with Crippen LogP contribution in [-0.2, 0) is 20.8 Å². The molecule has 2 aliphatic heterocycles. The number of fused-ring (bicyclic) bond motifs is 1. The molecule has 2 aliphatic rings. The van der Waals surface area contributed by atoms with Gasteiger partial charge in [0.1, 0.15) is 16.8 Å². The summed E-state index contributed by atoms with van der Waals surface area (Å²) in [6.45, 7) is 0.139. The molecule has 0 radical (unpaired) electrons. The fourth-order valence-corrected chi connectivity index (χ4v) is 8.37. The molecule has 5 rings (SSSR count). The van der Waals surface area contributed by atoms with E-state index < -0.39 is 17.4 Å². The first-order chi connectivity index (χ1) is 16.4. The van der Waals surface area contributed by atoms with Gasteiger partial charge in [-0.2, -0.15) is 0 Å². The Balaban J connectivity index is 1.20. The number of aromatic nitrogens is 1. The van der Waals surface area contributed by atoms with Gasteiger partial charge in [0.15, 0.2) is 4.34 Å². The minimum Gasteiger partial charge on any atom is -0.481 e. The van der Waals surface area contributed by atoms with E-state index in [-0.39, 0.29) is 30.2 Å². The van der Waals surface area contributed by atoms with Crippen LogP contribution in [-0.4, -0.2) is 62.2 Å². The molecule has 3 atom stereocenters. The first-order valence-electron chi connectivity index (χ1n) is 10.6. The number of nitrogens with one attached hydrogen (secondary N) is 1. The number of thiazole rings is 1. The Morgan fingerprint density at radius 2 is 2.03 bits per heavy atom. The lowest BCUT2D eigenvalue weighted by Crippen LogP contribution is -2.74. The van der Waals surface area contributed by atoms with Gasteiger partial charge in [-0.15, -0.1) is 34.4 Å². The highest BCUT2D eigenvalue weighted by atomic mass is 32.2. The van der Waals surface area contributed by atoms with Crippen molar-refractivity contribution < 1.29 is 19.5 Å². The zero-order valence-electron chi connectivity index (χ0n) is 17.9. The van der Waals surface area contributed by atoms with Crippen LogP contribution in [0.1, 0.15) is 4.88 Å². The molecule has 2 saturated heterocycles. The van der Waals surface area contributed by atoms with Gasteiger partial charge >= 0.3 is 5.97 Å². The van der Waals surface area contributed by atoms with Crippen molar-refractivity contribution in [3.05, 3.63) is 58.1 Å². The van der Waals surface area contributed by atoms with Gasteiger partial charge in [0.05, 0.1) is 12.1 Å². The molecule has 11 heteroatoms. The summed E-state index contributed by atoms with van der Waals surface area (Å²) in [4.78, 5) is 44.6. The van der Waals surface area contributed by atoms with Crippen LogP contribution in [0.15, 0.2) is 57.6 Å². The van der Waals surface area contributed by atoms with E-state index in [4.69, 9.17) is 0 Å². The van der Waals surface area contributed by atoms with Crippen LogP contribution in [0.4, 0.5) is 0 Å². The lowest BCUT2D eigenvalue weighted by molar-refractivity contribution is -0.157. The molecule has 2 amide bonds. The number of carboxylic acid groups (broad SMARTS) is 1. The third-order valence-corrected chi connectivity index (χ3v) is 10.6. The van der Waals surface area contributed by atoms with Crippen LogP contribution in [0.2, 0.25) is 0 Å². The van der Waals surface area contributed by atoms with Crippen LogP contribution in [0.5, 0.6) is 0 Å². The second kappa shape index (κ2) is 9.73. The molecule has 0 aliphatic carbocycles. The number of β-lactam (4-membered cyclic amide) rings is 1. The predicted molar refractivity (Wildman–Crippen MR) is 136 cm³/mol. The van der Waals surface area contributed by atoms with Crippen LogP contribution in [0.25, 0.3) is 11.3 Å². The zero-order valence-corrected chi connectivity index (χ0v) is 21.1. The Hall–Kier alpha value is -2.34. The molecule has 1 aromatic carbocycles. The second-order valence-electron chi connectivity index (χ2n) is 8.21. The van der Waals surface area contributed by atoms with Crippen LogP contribution in [0, 0.1) is 5.41 Å². The van der Waals surface area contributed by atoms with Gasteiger partial charge in [-0.1, -0.05) is 48.2 Å². The minimum absolute atomic E-state index is 0.139. The van der Waals surface area contributed by atoms with Crippen molar-refractivity contribution in [2.75, 3.05) is 18.1 Å². The molecular weight excluding hydrogens is 511 g/mol. The van der Waals surface area contributed by atoms with Crippen molar-refractivity contribution in [1.29, 1.82) is 0 Å². The summed E-state index contributed by atoms with van der Waals surface area (Å²) in [6.07, 6.45) is 0.243. The molecule has 0 bridgehead atoms. The molecule has 2 aromatic heterocycles. The number of amides is 2. The highest BCUT2D eigenvalue weighted by Gasteiger charge is 2.57. The highest BCUT2D eigenvalue weighted by Crippen LogP contribution is 2.45. The normalized spacial score (nSPS) is 23.8. The number of benzene rings is 1. The van der Waals surface area contributed by atoms with Gasteiger partial charge in [0.25, 0.3) is 0 Å². The monoisotopic (exact) mass is 531 g/mol.